The van der Waals surface area contributed by atoms with Crippen LogP contribution in [0.1, 0.15) is 11.1 Å². The first kappa shape index (κ1) is 16.9. The maximum absolute atomic E-state index is 11.4. The van der Waals surface area contributed by atoms with Crippen LogP contribution in [0.3, 0.4) is 0 Å². The Balaban J connectivity index is 1.79. The number of aromatic nitrogens is 1. The molecule has 0 unspecified atom stereocenters. The number of hydrogen-bond donors (Lipinski definition) is 2. The fourth-order valence-electron chi connectivity index (χ4n) is 3.28. The molecule has 3 aromatic carbocycles. The van der Waals surface area contributed by atoms with Crippen LogP contribution in [0.15, 0.2) is 72.8 Å². The van der Waals surface area contributed by atoms with Crippen LogP contribution in [-0.4, -0.2) is 16.1 Å². The maximum Gasteiger partial charge on any atom is 0.307 e. The Kier molecular flexibility index (Phi) is 4.38. The molecule has 1 aromatic heterocycles. The first-order valence-corrected chi connectivity index (χ1v) is 8.76. The monoisotopic (exact) mass is 357 g/mol. The van der Waals surface area contributed by atoms with Gasteiger partial charge in [0.05, 0.1) is 12.1 Å². The molecule has 4 heteroatoms. The number of carbonyl (C=O) groups is 1. The minimum absolute atomic E-state index is 0.0391. The third-order valence-corrected chi connectivity index (χ3v) is 4.49. The summed E-state index contributed by atoms with van der Waals surface area (Å²) in [5.41, 5.74) is 4.53. The zero-order valence-corrected chi connectivity index (χ0v) is 14.9. The second kappa shape index (κ2) is 7.00. The lowest BCUT2D eigenvalue weighted by atomic mass is 10.0. The molecule has 0 amide bonds. The number of aliphatic carboxylic acids is 1. The average molecular weight is 357 g/mol. The number of aromatic amines is 1. The van der Waals surface area contributed by atoms with E-state index in [9.17, 15) is 9.90 Å². The van der Waals surface area contributed by atoms with Crippen molar-refractivity contribution < 1.29 is 14.6 Å². The van der Waals surface area contributed by atoms with Gasteiger partial charge >= 0.3 is 5.97 Å². The van der Waals surface area contributed by atoms with E-state index in [1.54, 1.807) is 0 Å². The summed E-state index contributed by atoms with van der Waals surface area (Å²) < 4.78 is 5.92. The van der Waals surface area contributed by atoms with Crippen LogP contribution in [0, 0.1) is 6.92 Å². The van der Waals surface area contributed by atoms with Crippen LogP contribution < -0.4 is 4.74 Å². The molecule has 0 bridgehead atoms. The number of rotatable bonds is 5. The summed E-state index contributed by atoms with van der Waals surface area (Å²) in [6.07, 6.45) is -0.0391. The van der Waals surface area contributed by atoms with E-state index in [0.717, 1.165) is 39.0 Å². The molecule has 1 heterocycles. The third kappa shape index (κ3) is 3.55. The van der Waals surface area contributed by atoms with Gasteiger partial charge in [0.1, 0.15) is 11.5 Å². The van der Waals surface area contributed by atoms with E-state index in [0.29, 0.717) is 5.75 Å². The smallest absolute Gasteiger partial charge is 0.307 e. The van der Waals surface area contributed by atoms with Crippen LogP contribution in [0.25, 0.3) is 22.2 Å². The number of carboxylic acids is 1. The molecular formula is C23H19NO3. The van der Waals surface area contributed by atoms with Gasteiger partial charge in [0.25, 0.3) is 0 Å². The molecule has 0 saturated carbocycles. The van der Waals surface area contributed by atoms with Gasteiger partial charge in [-0.25, -0.2) is 0 Å². The van der Waals surface area contributed by atoms with Crippen LogP contribution in [0.4, 0.5) is 0 Å². The Labute approximate surface area is 157 Å². The highest BCUT2D eigenvalue weighted by atomic mass is 16.5. The number of nitrogens with one attached hydrogen (secondary N) is 1. The van der Waals surface area contributed by atoms with Crippen LogP contribution in [0.5, 0.6) is 11.5 Å². The second-order valence-corrected chi connectivity index (χ2v) is 6.54. The van der Waals surface area contributed by atoms with E-state index in [2.05, 4.69) is 4.98 Å². The molecule has 0 spiro atoms. The van der Waals surface area contributed by atoms with Crippen LogP contribution in [-0.2, 0) is 11.2 Å². The van der Waals surface area contributed by atoms with Crippen molar-refractivity contribution in [3.05, 3.63) is 83.9 Å². The van der Waals surface area contributed by atoms with Gasteiger partial charge in [-0.2, -0.15) is 0 Å². The quantitative estimate of drug-likeness (QED) is 0.491. The standard InChI is InChI=1S/C23H19NO3/c1-15-10-11-21-19(12-15)20(14-22(25)26)23(24-21)16-6-5-9-18(13-16)27-17-7-3-2-4-8-17/h2-13,24H,14H2,1H3,(H,25,26). The zero-order chi connectivity index (χ0) is 18.8. The summed E-state index contributed by atoms with van der Waals surface area (Å²) in [7, 11) is 0. The normalized spacial score (nSPS) is 10.9. The lowest BCUT2D eigenvalue weighted by molar-refractivity contribution is -0.136. The number of para-hydroxylation sites is 1. The van der Waals surface area contributed by atoms with Crippen molar-refractivity contribution in [2.24, 2.45) is 0 Å². The van der Waals surface area contributed by atoms with Crippen molar-refractivity contribution in [1.82, 2.24) is 4.98 Å². The molecule has 134 valence electrons. The van der Waals surface area contributed by atoms with E-state index in [1.807, 2.05) is 79.7 Å². The van der Waals surface area contributed by atoms with Gasteiger partial charge in [-0.15, -0.1) is 0 Å². The minimum atomic E-state index is -0.852. The van der Waals surface area contributed by atoms with Gasteiger partial charge in [0.2, 0.25) is 0 Å². The summed E-state index contributed by atoms with van der Waals surface area (Å²) in [5, 5.41) is 10.3. The van der Waals surface area contributed by atoms with E-state index >= 15 is 0 Å². The molecule has 4 nitrogen and oxygen atoms in total. The molecule has 0 radical (unpaired) electrons. The average Bonchev–Trinajstić information content (AvgIpc) is 3.00. The summed E-state index contributed by atoms with van der Waals surface area (Å²) in [5.74, 6) is 0.609. The van der Waals surface area contributed by atoms with Crippen molar-refractivity contribution >= 4 is 16.9 Å². The Bertz CT molecular complexity index is 1110. The number of aryl methyl sites for hydroxylation is 1. The lowest BCUT2D eigenvalue weighted by Gasteiger charge is -2.08. The summed E-state index contributed by atoms with van der Waals surface area (Å²) in [6, 6.07) is 23.3. The van der Waals surface area contributed by atoms with E-state index in [1.165, 1.54) is 0 Å². The third-order valence-electron chi connectivity index (χ3n) is 4.49. The molecule has 0 atom stereocenters. The van der Waals surface area contributed by atoms with Gasteiger partial charge in [-0.3, -0.25) is 4.79 Å². The molecule has 27 heavy (non-hydrogen) atoms. The molecule has 0 aliphatic carbocycles. The Morgan fingerprint density at radius 2 is 1.74 bits per heavy atom. The van der Waals surface area contributed by atoms with Gasteiger partial charge in [0, 0.05) is 16.5 Å². The largest absolute Gasteiger partial charge is 0.481 e. The number of carboxylic acid groups (broad SMARTS) is 1. The topological polar surface area (TPSA) is 62.3 Å². The number of fused-ring (bicyclic) bond motifs is 1. The fourth-order valence-corrected chi connectivity index (χ4v) is 3.28. The highest BCUT2D eigenvalue weighted by Gasteiger charge is 2.16. The van der Waals surface area contributed by atoms with E-state index in [-0.39, 0.29) is 6.42 Å². The van der Waals surface area contributed by atoms with Crippen molar-refractivity contribution in [2.45, 2.75) is 13.3 Å². The summed E-state index contributed by atoms with van der Waals surface area (Å²) >= 11 is 0. The molecule has 2 N–H and O–H groups in total. The predicted octanol–water partition coefficient (Wildman–Crippen LogP) is 5.56. The highest BCUT2D eigenvalue weighted by Crippen LogP contribution is 2.34. The highest BCUT2D eigenvalue weighted by molar-refractivity contribution is 5.94. The molecular weight excluding hydrogens is 338 g/mol. The minimum Gasteiger partial charge on any atom is -0.481 e. The van der Waals surface area contributed by atoms with Crippen LogP contribution >= 0.6 is 0 Å². The Hall–Kier alpha value is -3.53. The van der Waals surface area contributed by atoms with Crippen molar-refractivity contribution in [1.29, 1.82) is 0 Å². The first-order chi connectivity index (χ1) is 13.1. The Morgan fingerprint density at radius 3 is 2.52 bits per heavy atom. The lowest BCUT2D eigenvalue weighted by Crippen LogP contribution is -2.01. The molecule has 0 fully saturated rings. The molecule has 0 saturated heterocycles. The number of ether oxygens (including phenoxy) is 1. The zero-order valence-electron chi connectivity index (χ0n) is 14.9. The maximum atomic E-state index is 11.4. The fraction of sp³-hybridized carbons (Fsp3) is 0.0870. The van der Waals surface area contributed by atoms with Crippen molar-refractivity contribution in [2.75, 3.05) is 0 Å². The SMILES string of the molecule is Cc1ccc2[nH]c(-c3cccc(Oc4ccccc4)c3)c(CC(=O)O)c2c1. The Morgan fingerprint density at radius 1 is 0.963 bits per heavy atom. The molecule has 0 aliphatic heterocycles. The van der Waals surface area contributed by atoms with Crippen LogP contribution in [0.2, 0.25) is 0 Å². The predicted molar refractivity (Wildman–Crippen MR) is 106 cm³/mol. The molecule has 0 aliphatic rings. The van der Waals surface area contributed by atoms with Gasteiger partial charge in [-0.1, -0.05) is 42.0 Å². The first-order valence-electron chi connectivity index (χ1n) is 8.76. The molecule has 4 aromatic rings. The van der Waals surface area contributed by atoms with Crippen molar-refractivity contribution in [3.63, 3.8) is 0 Å². The molecule has 4 rings (SSSR count). The number of hydrogen-bond acceptors (Lipinski definition) is 2. The van der Waals surface area contributed by atoms with Crippen molar-refractivity contribution in [3.8, 4) is 22.8 Å². The number of benzene rings is 3. The summed E-state index contributed by atoms with van der Waals surface area (Å²) in [6.45, 7) is 2.00. The second-order valence-electron chi connectivity index (χ2n) is 6.54. The van der Waals surface area contributed by atoms with Gasteiger partial charge < -0.3 is 14.8 Å². The van der Waals surface area contributed by atoms with Gasteiger partial charge in [0.15, 0.2) is 0 Å². The van der Waals surface area contributed by atoms with E-state index in [4.69, 9.17) is 4.74 Å². The van der Waals surface area contributed by atoms with Gasteiger partial charge in [-0.05, 0) is 48.9 Å². The number of H-pyrrole nitrogens is 1. The van der Waals surface area contributed by atoms with E-state index < -0.39 is 5.97 Å². The summed E-state index contributed by atoms with van der Waals surface area (Å²) in [4.78, 5) is 14.8.